The summed E-state index contributed by atoms with van der Waals surface area (Å²) < 4.78 is 42.7. The number of halogens is 3. The van der Waals surface area contributed by atoms with E-state index in [4.69, 9.17) is 0 Å². The maximum absolute atomic E-state index is 12.9. The molecule has 4 nitrogen and oxygen atoms in total. The van der Waals surface area contributed by atoms with Crippen LogP contribution in [0.25, 0.3) is 0 Å². The first-order valence-electron chi connectivity index (χ1n) is 9.00. The predicted octanol–water partition coefficient (Wildman–Crippen LogP) is 4.29. The van der Waals surface area contributed by atoms with E-state index in [2.05, 4.69) is 25.8 Å². The van der Waals surface area contributed by atoms with Crippen LogP contribution in [0.3, 0.4) is 0 Å². The highest BCUT2D eigenvalue weighted by Crippen LogP contribution is 2.31. The number of carbonyl (C=O) groups excluding carboxylic acids is 1. The Morgan fingerprint density at radius 1 is 1.19 bits per heavy atom. The molecule has 1 aliphatic rings. The van der Waals surface area contributed by atoms with Gasteiger partial charge < -0.3 is 0 Å². The molecule has 27 heavy (non-hydrogen) atoms. The summed E-state index contributed by atoms with van der Waals surface area (Å²) in [6, 6.07) is 6.25. The number of hydrogen-bond donors (Lipinski definition) is 0. The van der Waals surface area contributed by atoms with Crippen LogP contribution in [0.4, 0.5) is 13.2 Å². The molecule has 0 bridgehead atoms. The number of amides is 1. The van der Waals surface area contributed by atoms with Crippen molar-refractivity contribution in [3.05, 3.63) is 52.6 Å². The summed E-state index contributed by atoms with van der Waals surface area (Å²) in [6.45, 7) is 6.97. The summed E-state index contributed by atoms with van der Waals surface area (Å²) in [4.78, 5) is 16.7. The van der Waals surface area contributed by atoms with E-state index in [0.717, 1.165) is 37.2 Å². The Balaban J connectivity index is 2.04. The van der Waals surface area contributed by atoms with Crippen LogP contribution < -0.4 is 5.49 Å². The molecule has 2 aromatic rings. The van der Waals surface area contributed by atoms with E-state index >= 15 is 0 Å². The van der Waals surface area contributed by atoms with E-state index in [1.54, 1.807) is 0 Å². The average Bonchev–Trinajstić information content (AvgIpc) is 3.32. The van der Waals surface area contributed by atoms with Crippen molar-refractivity contribution in [1.29, 1.82) is 0 Å². The lowest BCUT2D eigenvalue weighted by molar-refractivity contribution is -0.137. The second kappa shape index (κ2) is 6.69. The fourth-order valence-electron chi connectivity index (χ4n) is 3.12. The third kappa shape index (κ3) is 4.34. The van der Waals surface area contributed by atoms with E-state index in [9.17, 15) is 18.0 Å². The molecule has 0 radical (unpaired) electrons. The van der Waals surface area contributed by atoms with Gasteiger partial charge in [0.25, 0.3) is 5.91 Å². The largest absolute Gasteiger partial charge is 0.416 e. The van der Waals surface area contributed by atoms with Gasteiger partial charge in [-0.15, -0.1) is 0 Å². The van der Waals surface area contributed by atoms with Crippen LogP contribution in [-0.4, -0.2) is 15.3 Å². The van der Waals surface area contributed by atoms with Crippen molar-refractivity contribution in [2.45, 2.75) is 51.7 Å². The van der Waals surface area contributed by atoms with Gasteiger partial charge >= 0.3 is 6.18 Å². The second-order valence-corrected chi connectivity index (χ2v) is 8.18. The van der Waals surface area contributed by atoms with Crippen molar-refractivity contribution in [2.75, 3.05) is 0 Å². The quantitative estimate of drug-likeness (QED) is 0.784. The van der Waals surface area contributed by atoms with Gasteiger partial charge in [-0.1, -0.05) is 26.8 Å². The lowest BCUT2D eigenvalue weighted by Crippen LogP contribution is -2.26. The Bertz CT molecular complexity index is 925. The molecule has 1 fully saturated rings. The smallest absolute Gasteiger partial charge is 0.291 e. The minimum atomic E-state index is -4.49. The number of aromatic nitrogens is 2. The highest BCUT2D eigenvalue weighted by atomic mass is 19.4. The molecule has 0 aliphatic heterocycles. The molecule has 1 aliphatic carbocycles. The van der Waals surface area contributed by atoms with Gasteiger partial charge in [0.05, 0.1) is 5.56 Å². The van der Waals surface area contributed by atoms with Gasteiger partial charge in [0.2, 0.25) is 0 Å². The summed E-state index contributed by atoms with van der Waals surface area (Å²) in [7, 11) is 1.93. The lowest BCUT2D eigenvalue weighted by Gasteiger charge is -2.20. The minimum absolute atomic E-state index is 0.0658. The molecule has 0 unspecified atom stereocenters. The van der Waals surface area contributed by atoms with Crippen LogP contribution in [0.2, 0.25) is 0 Å². The van der Waals surface area contributed by atoms with Crippen molar-refractivity contribution in [1.82, 2.24) is 9.36 Å². The van der Waals surface area contributed by atoms with Gasteiger partial charge in [-0.05, 0) is 37.0 Å². The molecule has 0 N–H and O–H groups in total. The Morgan fingerprint density at radius 3 is 2.41 bits per heavy atom. The zero-order chi connectivity index (χ0) is 20.0. The molecule has 0 atom stereocenters. The van der Waals surface area contributed by atoms with Gasteiger partial charge in [-0.2, -0.15) is 18.2 Å². The summed E-state index contributed by atoms with van der Waals surface area (Å²) in [6.07, 6.45) is -2.21. The van der Waals surface area contributed by atoms with Crippen molar-refractivity contribution in [3.63, 3.8) is 0 Å². The Kier molecular flexibility index (Phi) is 4.82. The van der Waals surface area contributed by atoms with Crippen LogP contribution in [0.1, 0.15) is 55.2 Å². The van der Waals surface area contributed by atoms with Crippen LogP contribution in [0.5, 0.6) is 0 Å². The molecule has 1 heterocycles. The van der Waals surface area contributed by atoms with Gasteiger partial charge in [-0.25, -0.2) is 0 Å². The fourth-order valence-corrected chi connectivity index (χ4v) is 3.12. The molecule has 7 heteroatoms. The van der Waals surface area contributed by atoms with E-state index in [0.29, 0.717) is 11.4 Å². The molecule has 1 aromatic heterocycles. The van der Waals surface area contributed by atoms with Crippen LogP contribution in [0.15, 0.2) is 35.3 Å². The molecule has 0 saturated heterocycles. The van der Waals surface area contributed by atoms with E-state index < -0.39 is 17.6 Å². The molecule has 1 aromatic carbocycles. The lowest BCUT2D eigenvalue weighted by atomic mass is 9.92. The SMILES string of the molecule is Cn1c(C(C)(C)C)c/c(=N\C(=O)c2cccc(C(F)(F)F)c2)n1CC1CC1. The molecule has 1 amide bonds. The molecule has 1 saturated carbocycles. The second-order valence-electron chi connectivity index (χ2n) is 8.18. The van der Waals surface area contributed by atoms with Crippen LogP contribution >= 0.6 is 0 Å². The van der Waals surface area contributed by atoms with Crippen molar-refractivity contribution in [2.24, 2.45) is 18.0 Å². The van der Waals surface area contributed by atoms with Crippen LogP contribution in [0, 0.1) is 5.92 Å². The highest BCUT2D eigenvalue weighted by Gasteiger charge is 2.31. The molecule has 3 rings (SSSR count). The van der Waals surface area contributed by atoms with Gasteiger partial charge in [0.15, 0.2) is 5.49 Å². The number of rotatable bonds is 3. The number of hydrogen-bond acceptors (Lipinski definition) is 1. The predicted molar refractivity (Wildman–Crippen MR) is 96.2 cm³/mol. The minimum Gasteiger partial charge on any atom is -0.291 e. The van der Waals surface area contributed by atoms with Gasteiger partial charge in [-0.3, -0.25) is 14.2 Å². The highest BCUT2D eigenvalue weighted by molar-refractivity contribution is 5.95. The van der Waals surface area contributed by atoms with Crippen molar-refractivity contribution >= 4 is 5.91 Å². The van der Waals surface area contributed by atoms with Gasteiger partial charge in [0, 0.05) is 36.3 Å². The van der Waals surface area contributed by atoms with E-state index in [1.165, 1.54) is 12.1 Å². The maximum atomic E-state index is 12.9. The third-order valence-corrected chi connectivity index (χ3v) is 4.79. The molecular weight excluding hydrogens is 355 g/mol. The average molecular weight is 379 g/mol. The first-order valence-corrected chi connectivity index (χ1v) is 9.00. The number of nitrogens with zero attached hydrogens (tertiary/aromatic N) is 3. The molecule has 146 valence electrons. The Morgan fingerprint density at radius 2 is 1.85 bits per heavy atom. The standard InChI is InChI=1S/C20H24F3N3O/c1-19(2,3)16-11-17(26(25(16)4)12-13-8-9-13)24-18(27)14-6-5-7-15(10-14)20(21,22)23/h5-7,10-11,13H,8-9,12H2,1-4H3/b24-17+. The first-order chi connectivity index (χ1) is 12.5. The van der Waals surface area contributed by atoms with Crippen molar-refractivity contribution < 1.29 is 18.0 Å². The number of alkyl halides is 3. The normalized spacial score (nSPS) is 16.0. The zero-order valence-electron chi connectivity index (χ0n) is 16.0. The zero-order valence-corrected chi connectivity index (χ0v) is 16.0. The summed E-state index contributed by atoms with van der Waals surface area (Å²) in [5, 5.41) is 0. The van der Waals surface area contributed by atoms with Gasteiger partial charge in [0.1, 0.15) is 0 Å². The Labute approximate surface area is 156 Å². The number of carbonyl (C=O) groups is 1. The van der Waals surface area contributed by atoms with E-state index in [-0.39, 0.29) is 11.0 Å². The summed E-state index contributed by atoms with van der Waals surface area (Å²) >= 11 is 0. The van der Waals surface area contributed by atoms with Crippen LogP contribution in [-0.2, 0) is 25.2 Å². The Hall–Kier alpha value is -2.31. The van der Waals surface area contributed by atoms with Crippen molar-refractivity contribution in [3.8, 4) is 0 Å². The fraction of sp³-hybridized carbons (Fsp3) is 0.500. The first kappa shape index (κ1) is 19.5. The monoisotopic (exact) mass is 379 g/mol. The maximum Gasteiger partial charge on any atom is 0.416 e. The number of benzene rings is 1. The molecule has 0 spiro atoms. The molecular formula is C20H24F3N3O. The summed E-state index contributed by atoms with van der Waals surface area (Å²) in [5.74, 6) is -0.106. The third-order valence-electron chi connectivity index (χ3n) is 4.79. The van der Waals surface area contributed by atoms with E-state index in [1.807, 2.05) is 22.5 Å². The summed E-state index contributed by atoms with van der Waals surface area (Å²) in [5.41, 5.74) is 0.435. The topological polar surface area (TPSA) is 39.3 Å².